The minimum absolute atomic E-state index is 0.0280. The van der Waals surface area contributed by atoms with E-state index in [4.69, 9.17) is 5.73 Å². The minimum atomic E-state index is -1.14. The molecule has 1 atom stereocenters. The smallest absolute Gasteiger partial charge is 0.267 e. The number of halogens is 1. The Bertz CT molecular complexity index is 949. The van der Waals surface area contributed by atoms with E-state index >= 15 is 0 Å². The van der Waals surface area contributed by atoms with Gasteiger partial charge < -0.3 is 16.2 Å². The van der Waals surface area contributed by atoms with Gasteiger partial charge in [-0.1, -0.05) is 17.9 Å². The van der Waals surface area contributed by atoms with Crippen LogP contribution in [0, 0.1) is 23.1 Å². The van der Waals surface area contributed by atoms with Crippen LogP contribution < -0.4 is 11.1 Å². The Labute approximate surface area is 149 Å². The van der Waals surface area contributed by atoms with Crippen molar-refractivity contribution in [3.63, 3.8) is 0 Å². The topological polar surface area (TPSA) is 105 Å². The Kier molecular flexibility index (Phi) is 4.69. The van der Waals surface area contributed by atoms with Gasteiger partial charge in [-0.05, 0) is 36.8 Å². The summed E-state index contributed by atoms with van der Waals surface area (Å²) in [5, 5.41) is 12.2. The zero-order valence-corrected chi connectivity index (χ0v) is 13.8. The van der Waals surface area contributed by atoms with Gasteiger partial charge in [0.1, 0.15) is 16.9 Å². The molecule has 26 heavy (non-hydrogen) atoms. The number of aliphatic hydroxyl groups is 1. The SMILES string of the molecule is NC(=O)c1cccc(-c2cc(C#CC3(CO)CCNC3=O)ccc2F)n1. The average molecular weight is 353 g/mol. The number of aromatic nitrogens is 1. The minimum Gasteiger partial charge on any atom is -0.394 e. The molecule has 3 rings (SSSR count). The molecular weight excluding hydrogens is 337 g/mol. The molecule has 1 aliphatic rings. The quantitative estimate of drug-likeness (QED) is 0.711. The molecule has 1 aliphatic heterocycles. The molecule has 6 nitrogen and oxygen atoms in total. The average Bonchev–Trinajstić information content (AvgIpc) is 3.02. The van der Waals surface area contributed by atoms with E-state index in [2.05, 4.69) is 22.1 Å². The summed E-state index contributed by atoms with van der Waals surface area (Å²) in [6.45, 7) is 0.0642. The highest BCUT2D eigenvalue weighted by Crippen LogP contribution is 2.26. The van der Waals surface area contributed by atoms with Crippen LogP contribution in [0.2, 0.25) is 0 Å². The van der Waals surface area contributed by atoms with E-state index < -0.39 is 17.1 Å². The van der Waals surface area contributed by atoms with Crippen LogP contribution in [0.5, 0.6) is 0 Å². The monoisotopic (exact) mass is 353 g/mol. The van der Waals surface area contributed by atoms with Crippen LogP contribution in [0.4, 0.5) is 4.39 Å². The molecule has 2 amide bonds. The molecule has 0 spiro atoms. The van der Waals surface area contributed by atoms with Gasteiger partial charge in [0.2, 0.25) is 5.91 Å². The van der Waals surface area contributed by atoms with Crippen molar-refractivity contribution in [2.75, 3.05) is 13.2 Å². The van der Waals surface area contributed by atoms with Crippen molar-refractivity contribution in [1.29, 1.82) is 0 Å². The highest BCUT2D eigenvalue weighted by molar-refractivity contribution is 5.91. The van der Waals surface area contributed by atoms with Gasteiger partial charge in [-0.25, -0.2) is 9.37 Å². The van der Waals surface area contributed by atoms with Crippen LogP contribution in [-0.2, 0) is 4.79 Å². The Morgan fingerprint density at radius 2 is 2.19 bits per heavy atom. The van der Waals surface area contributed by atoms with Crippen LogP contribution in [0.15, 0.2) is 36.4 Å². The van der Waals surface area contributed by atoms with Gasteiger partial charge >= 0.3 is 0 Å². The van der Waals surface area contributed by atoms with Crippen molar-refractivity contribution < 1.29 is 19.1 Å². The lowest BCUT2D eigenvalue weighted by atomic mass is 9.88. The predicted molar refractivity (Wildman–Crippen MR) is 92.2 cm³/mol. The van der Waals surface area contributed by atoms with Crippen molar-refractivity contribution in [2.24, 2.45) is 11.1 Å². The van der Waals surface area contributed by atoms with E-state index in [9.17, 15) is 19.1 Å². The number of nitrogens with zero attached hydrogens (tertiary/aromatic N) is 1. The number of hydrogen-bond acceptors (Lipinski definition) is 4. The Morgan fingerprint density at radius 3 is 2.85 bits per heavy atom. The second kappa shape index (κ2) is 6.94. The van der Waals surface area contributed by atoms with Gasteiger partial charge in [-0.15, -0.1) is 0 Å². The molecule has 2 heterocycles. The zero-order chi connectivity index (χ0) is 18.7. The Balaban J connectivity index is 1.99. The Morgan fingerprint density at radius 1 is 1.38 bits per heavy atom. The van der Waals surface area contributed by atoms with Gasteiger partial charge in [0.05, 0.1) is 12.3 Å². The highest BCUT2D eigenvalue weighted by atomic mass is 19.1. The number of amides is 2. The maximum atomic E-state index is 14.2. The lowest BCUT2D eigenvalue weighted by Crippen LogP contribution is -2.33. The zero-order valence-electron chi connectivity index (χ0n) is 13.8. The fourth-order valence-electron chi connectivity index (χ4n) is 2.69. The van der Waals surface area contributed by atoms with E-state index in [1.807, 2.05) is 0 Å². The predicted octanol–water partition coefficient (Wildman–Crippen LogP) is 0.837. The molecule has 1 saturated heterocycles. The van der Waals surface area contributed by atoms with Gasteiger partial charge in [-0.2, -0.15) is 0 Å². The molecular formula is C19H16FN3O3. The van der Waals surface area contributed by atoms with Crippen LogP contribution in [0.3, 0.4) is 0 Å². The number of nitrogens with one attached hydrogen (secondary N) is 1. The second-order valence-corrected chi connectivity index (χ2v) is 5.96. The number of benzene rings is 1. The fraction of sp³-hybridized carbons (Fsp3) is 0.211. The standard InChI is InChI=1S/C19H16FN3O3/c20-14-5-4-12(6-7-19(11-24)8-9-22-18(19)26)10-13(14)15-2-1-3-16(23-15)17(21)25/h1-5,10,24H,8-9,11H2,(H2,21,25)(H,22,26). The van der Waals surface area contributed by atoms with Crippen molar-refractivity contribution in [1.82, 2.24) is 10.3 Å². The molecule has 132 valence electrons. The summed E-state index contributed by atoms with van der Waals surface area (Å²) in [7, 11) is 0. The number of pyridine rings is 1. The third kappa shape index (κ3) is 3.27. The molecule has 0 aliphatic carbocycles. The Hall–Kier alpha value is -3.24. The van der Waals surface area contributed by atoms with Crippen molar-refractivity contribution in [2.45, 2.75) is 6.42 Å². The van der Waals surface area contributed by atoms with E-state index in [1.54, 1.807) is 12.1 Å². The van der Waals surface area contributed by atoms with Crippen LogP contribution in [0.1, 0.15) is 22.5 Å². The third-order valence-corrected chi connectivity index (χ3v) is 4.23. The summed E-state index contributed by atoms with van der Waals surface area (Å²) in [6, 6.07) is 8.75. The highest BCUT2D eigenvalue weighted by Gasteiger charge is 2.40. The molecule has 2 aromatic rings. The van der Waals surface area contributed by atoms with Crippen LogP contribution in [-0.4, -0.2) is 35.1 Å². The summed E-state index contributed by atoms with van der Waals surface area (Å²) in [4.78, 5) is 27.2. The summed E-state index contributed by atoms with van der Waals surface area (Å²) >= 11 is 0. The molecule has 7 heteroatoms. The largest absolute Gasteiger partial charge is 0.394 e. The summed E-state index contributed by atoms with van der Waals surface area (Å²) < 4.78 is 14.2. The van der Waals surface area contributed by atoms with E-state index in [0.717, 1.165) is 0 Å². The molecule has 1 aromatic heterocycles. The van der Waals surface area contributed by atoms with Gasteiger partial charge in [0.15, 0.2) is 0 Å². The number of carbonyl (C=O) groups is 2. The first kappa shape index (κ1) is 17.6. The summed E-state index contributed by atoms with van der Waals surface area (Å²) in [5.74, 6) is 4.09. The van der Waals surface area contributed by atoms with E-state index in [0.29, 0.717) is 18.5 Å². The third-order valence-electron chi connectivity index (χ3n) is 4.23. The molecule has 0 radical (unpaired) electrons. The van der Waals surface area contributed by atoms with Crippen molar-refractivity contribution in [3.8, 4) is 23.1 Å². The summed E-state index contributed by atoms with van der Waals surface area (Å²) in [6.07, 6.45) is 0.408. The fourth-order valence-corrected chi connectivity index (χ4v) is 2.69. The molecule has 0 saturated carbocycles. The van der Waals surface area contributed by atoms with Gasteiger partial charge in [0, 0.05) is 17.7 Å². The van der Waals surface area contributed by atoms with Gasteiger partial charge in [-0.3, -0.25) is 9.59 Å². The van der Waals surface area contributed by atoms with Gasteiger partial charge in [0.25, 0.3) is 5.91 Å². The van der Waals surface area contributed by atoms with Crippen molar-refractivity contribution >= 4 is 11.8 Å². The maximum Gasteiger partial charge on any atom is 0.267 e. The first-order valence-corrected chi connectivity index (χ1v) is 7.94. The molecule has 1 unspecified atom stereocenters. The number of hydrogen-bond donors (Lipinski definition) is 3. The van der Waals surface area contributed by atoms with Crippen LogP contribution in [0.25, 0.3) is 11.3 Å². The first-order chi connectivity index (χ1) is 12.4. The molecule has 0 bridgehead atoms. The molecule has 1 aromatic carbocycles. The summed E-state index contributed by atoms with van der Waals surface area (Å²) in [5.41, 5.74) is 4.97. The lowest BCUT2D eigenvalue weighted by molar-refractivity contribution is -0.126. The van der Waals surface area contributed by atoms with Crippen LogP contribution >= 0.6 is 0 Å². The number of aliphatic hydroxyl groups excluding tert-OH is 1. The molecule has 4 N–H and O–H groups in total. The number of nitrogens with two attached hydrogens (primary N) is 1. The van der Waals surface area contributed by atoms with E-state index in [-0.39, 0.29) is 29.5 Å². The lowest BCUT2D eigenvalue weighted by Gasteiger charge is -2.15. The number of primary amides is 1. The number of carbonyl (C=O) groups excluding carboxylic acids is 2. The molecule has 1 fully saturated rings. The maximum absolute atomic E-state index is 14.2. The normalized spacial score (nSPS) is 18.8. The van der Waals surface area contributed by atoms with E-state index in [1.165, 1.54) is 24.3 Å². The first-order valence-electron chi connectivity index (χ1n) is 7.94. The van der Waals surface area contributed by atoms with Crippen molar-refractivity contribution in [3.05, 3.63) is 53.5 Å². The number of rotatable bonds is 3. The second-order valence-electron chi connectivity index (χ2n) is 5.96.